The topological polar surface area (TPSA) is 67.6 Å². The Labute approximate surface area is 47.1 Å². The minimum atomic E-state index is 0.507. The molecule has 0 bridgehead atoms. The zero-order valence-corrected chi connectivity index (χ0v) is 4.68. The maximum atomic E-state index is 5.35. The number of nitrogen functional groups attached to an aromatic ring is 1. The summed E-state index contributed by atoms with van der Waals surface area (Å²) in [5.74, 6) is 0.507. The average Bonchev–Trinajstić information content (AvgIpc) is 2.14. The molecule has 0 aliphatic carbocycles. The molecular weight excluding hydrogens is 104 g/mol. The van der Waals surface area contributed by atoms with Crippen LogP contribution < -0.4 is 5.73 Å². The van der Waals surface area contributed by atoms with E-state index in [1.54, 1.807) is 0 Å². The SMILES string of the molecule is CCc1n[nH]nc1N. The first-order valence-electron chi connectivity index (χ1n) is 2.49. The quantitative estimate of drug-likeness (QED) is 0.535. The molecule has 0 atom stereocenters. The number of aromatic amines is 1. The summed E-state index contributed by atoms with van der Waals surface area (Å²) in [7, 11) is 0. The van der Waals surface area contributed by atoms with Gasteiger partial charge < -0.3 is 5.73 Å². The van der Waals surface area contributed by atoms with Gasteiger partial charge in [-0.05, 0) is 6.42 Å². The second-order valence-corrected chi connectivity index (χ2v) is 1.51. The number of aryl methyl sites for hydroxylation is 1. The molecule has 0 saturated carbocycles. The molecule has 44 valence electrons. The van der Waals surface area contributed by atoms with Crippen LogP contribution in [0.15, 0.2) is 0 Å². The van der Waals surface area contributed by atoms with Crippen LogP contribution in [0.25, 0.3) is 0 Å². The van der Waals surface area contributed by atoms with Crippen molar-refractivity contribution in [2.45, 2.75) is 13.3 Å². The van der Waals surface area contributed by atoms with Crippen molar-refractivity contribution in [3.05, 3.63) is 5.69 Å². The van der Waals surface area contributed by atoms with Crippen molar-refractivity contribution < 1.29 is 0 Å². The smallest absolute Gasteiger partial charge is 0.168 e. The number of nitrogens with two attached hydrogens (primary N) is 1. The van der Waals surface area contributed by atoms with Crippen molar-refractivity contribution >= 4 is 5.82 Å². The minimum absolute atomic E-state index is 0.507. The van der Waals surface area contributed by atoms with Crippen LogP contribution in [0.2, 0.25) is 0 Å². The number of nitrogens with zero attached hydrogens (tertiary/aromatic N) is 2. The number of hydrogen-bond acceptors (Lipinski definition) is 3. The highest BCUT2D eigenvalue weighted by Gasteiger charge is 1.96. The van der Waals surface area contributed by atoms with E-state index in [0.717, 1.165) is 12.1 Å². The summed E-state index contributed by atoms with van der Waals surface area (Å²) in [5, 5.41) is 9.83. The molecule has 0 unspecified atom stereocenters. The minimum Gasteiger partial charge on any atom is -0.381 e. The highest BCUT2D eigenvalue weighted by Crippen LogP contribution is 2.00. The summed E-state index contributed by atoms with van der Waals surface area (Å²) in [6.45, 7) is 1.98. The van der Waals surface area contributed by atoms with E-state index < -0.39 is 0 Å². The lowest BCUT2D eigenvalue weighted by Gasteiger charge is -1.83. The zero-order chi connectivity index (χ0) is 5.98. The number of nitrogens with one attached hydrogen (secondary N) is 1. The van der Waals surface area contributed by atoms with E-state index in [9.17, 15) is 0 Å². The molecule has 0 aromatic carbocycles. The van der Waals surface area contributed by atoms with E-state index in [4.69, 9.17) is 5.73 Å². The second-order valence-electron chi connectivity index (χ2n) is 1.51. The summed E-state index contributed by atoms with van der Waals surface area (Å²) in [6.07, 6.45) is 0.836. The summed E-state index contributed by atoms with van der Waals surface area (Å²) < 4.78 is 0. The van der Waals surface area contributed by atoms with Crippen LogP contribution in [0.4, 0.5) is 5.82 Å². The molecule has 1 rings (SSSR count). The molecule has 0 saturated heterocycles. The van der Waals surface area contributed by atoms with E-state index in [2.05, 4.69) is 15.4 Å². The molecule has 0 radical (unpaired) electrons. The second kappa shape index (κ2) is 1.81. The Hall–Kier alpha value is -1.06. The van der Waals surface area contributed by atoms with Crippen LogP contribution in [-0.2, 0) is 6.42 Å². The van der Waals surface area contributed by atoms with Gasteiger partial charge >= 0.3 is 0 Å². The normalized spacial score (nSPS) is 9.62. The van der Waals surface area contributed by atoms with Crippen molar-refractivity contribution in [3.8, 4) is 0 Å². The standard InChI is InChI=1S/C4H8N4/c1-2-3-4(5)7-8-6-3/h2H2,1H3,(H3,5,6,7,8). The fourth-order valence-corrected chi connectivity index (χ4v) is 0.521. The lowest BCUT2D eigenvalue weighted by atomic mass is 10.3. The highest BCUT2D eigenvalue weighted by molar-refractivity contribution is 5.31. The van der Waals surface area contributed by atoms with Crippen molar-refractivity contribution in [1.29, 1.82) is 0 Å². The summed E-state index contributed by atoms with van der Waals surface area (Å²) in [6, 6.07) is 0. The lowest BCUT2D eigenvalue weighted by Crippen LogP contribution is -1.89. The summed E-state index contributed by atoms with van der Waals surface area (Å²) in [4.78, 5) is 0. The maximum Gasteiger partial charge on any atom is 0.168 e. The van der Waals surface area contributed by atoms with Gasteiger partial charge in [-0.25, -0.2) is 0 Å². The predicted octanol–water partition coefficient (Wildman–Crippen LogP) is -0.0507. The monoisotopic (exact) mass is 112 g/mol. The Morgan fingerprint density at radius 1 is 1.62 bits per heavy atom. The molecule has 0 fully saturated rings. The van der Waals surface area contributed by atoms with Crippen molar-refractivity contribution in [3.63, 3.8) is 0 Å². The maximum absolute atomic E-state index is 5.35. The molecule has 8 heavy (non-hydrogen) atoms. The predicted molar refractivity (Wildman–Crippen MR) is 30.2 cm³/mol. The lowest BCUT2D eigenvalue weighted by molar-refractivity contribution is 0.909. The summed E-state index contributed by atoms with van der Waals surface area (Å²) in [5.41, 5.74) is 6.18. The molecule has 0 spiro atoms. The van der Waals surface area contributed by atoms with Gasteiger partial charge in [0, 0.05) is 0 Å². The van der Waals surface area contributed by atoms with Gasteiger partial charge in [0.2, 0.25) is 0 Å². The Bertz CT molecular complexity index is 168. The molecule has 4 nitrogen and oxygen atoms in total. The van der Waals surface area contributed by atoms with E-state index in [-0.39, 0.29) is 0 Å². The third kappa shape index (κ3) is 0.641. The number of aromatic nitrogens is 3. The van der Waals surface area contributed by atoms with E-state index >= 15 is 0 Å². The fourth-order valence-electron chi connectivity index (χ4n) is 0.521. The van der Waals surface area contributed by atoms with Crippen LogP contribution in [0.1, 0.15) is 12.6 Å². The average molecular weight is 112 g/mol. The van der Waals surface area contributed by atoms with Crippen LogP contribution in [-0.4, -0.2) is 15.4 Å². The van der Waals surface area contributed by atoms with Crippen molar-refractivity contribution in [1.82, 2.24) is 15.4 Å². The Balaban J connectivity index is 2.92. The zero-order valence-electron chi connectivity index (χ0n) is 4.68. The van der Waals surface area contributed by atoms with Crippen LogP contribution in [0, 0.1) is 0 Å². The van der Waals surface area contributed by atoms with E-state index in [1.165, 1.54) is 0 Å². The van der Waals surface area contributed by atoms with Gasteiger partial charge in [0.05, 0.1) is 0 Å². The van der Waals surface area contributed by atoms with Crippen molar-refractivity contribution in [2.75, 3.05) is 5.73 Å². The van der Waals surface area contributed by atoms with Gasteiger partial charge in [0.1, 0.15) is 5.69 Å². The molecule has 1 aromatic rings. The van der Waals surface area contributed by atoms with Gasteiger partial charge in [-0.2, -0.15) is 10.3 Å². The molecule has 4 heteroatoms. The largest absolute Gasteiger partial charge is 0.381 e. The molecule has 0 aliphatic rings. The third-order valence-electron chi connectivity index (χ3n) is 0.986. The fraction of sp³-hybridized carbons (Fsp3) is 0.500. The van der Waals surface area contributed by atoms with Gasteiger partial charge in [0.15, 0.2) is 5.82 Å². The first-order chi connectivity index (χ1) is 3.84. The van der Waals surface area contributed by atoms with Crippen LogP contribution in [0.3, 0.4) is 0 Å². The number of anilines is 1. The van der Waals surface area contributed by atoms with Gasteiger partial charge in [-0.1, -0.05) is 6.92 Å². The van der Waals surface area contributed by atoms with Gasteiger partial charge in [0.25, 0.3) is 0 Å². The Morgan fingerprint density at radius 2 is 2.38 bits per heavy atom. The van der Waals surface area contributed by atoms with Gasteiger partial charge in [-0.3, -0.25) is 0 Å². The molecule has 1 heterocycles. The molecule has 1 aromatic heterocycles. The Kier molecular flexibility index (Phi) is 1.15. The number of hydrogen-bond donors (Lipinski definition) is 2. The van der Waals surface area contributed by atoms with Crippen LogP contribution >= 0.6 is 0 Å². The van der Waals surface area contributed by atoms with Crippen molar-refractivity contribution in [2.24, 2.45) is 0 Å². The van der Waals surface area contributed by atoms with Gasteiger partial charge in [-0.15, -0.1) is 5.10 Å². The first-order valence-corrected chi connectivity index (χ1v) is 2.49. The highest BCUT2D eigenvalue weighted by atomic mass is 15.3. The molecule has 0 aliphatic heterocycles. The molecule has 0 amide bonds. The number of rotatable bonds is 1. The van der Waals surface area contributed by atoms with Crippen LogP contribution in [0.5, 0.6) is 0 Å². The van der Waals surface area contributed by atoms with E-state index in [1.807, 2.05) is 6.92 Å². The molecule has 3 N–H and O–H groups in total. The van der Waals surface area contributed by atoms with E-state index in [0.29, 0.717) is 5.82 Å². The molecular formula is C4H8N4. The first kappa shape index (κ1) is 5.08. The summed E-state index contributed by atoms with van der Waals surface area (Å²) >= 11 is 0. The number of H-pyrrole nitrogens is 1. The Morgan fingerprint density at radius 3 is 2.62 bits per heavy atom. The third-order valence-corrected chi connectivity index (χ3v) is 0.986.